The number of hydrogen-bond donors (Lipinski definition) is 0. The number of thiazole rings is 1. The molecule has 204 valence electrons. The average molecular weight is 626 g/mol. The molecule has 0 saturated carbocycles. The van der Waals surface area contributed by atoms with Crippen molar-refractivity contribution in [1.29, 1.82) is 0 Å². The maximum Gasteiger partial charge on any atom is 0.271 e. The fourth-order valence-corrected chi connectivity index (χ4v) is 6.17. The maximum absolute atomic E-state index is 13.8. The lowest BCUT2D eigenvalue weighted by Crippen LogP contribution is -2.39. The summed E-state index contributed by atoms with van der Waals surface area (Å²) in [6, 6.07) is 28.3. The van der Waals surface area contributed by atoms with Crippen LogP contribution in [0.25, 0.3) is 17.4 Å². The number of ether oxygens (including phenoxy) is 1. The van der Waals surface area contributed by atoms with Crippen molar-refractivity contribution in [2.24, 2.45) is 4.99 Å². The summed E-state index contributed by atoms with van der Waals surface area (Å²) in [5.41, 5.74) is 3.64. The van der Waals surface area contributed by atoms with Crippen LogP contribution in [0.4, 0.5) is 0 Å². The number of fused-ring (bicyclic) bond motifs is 1. The minimum absolute atomic E-state index is 0.154. The SMILES string of the molecule is CC(=O)C1=C(C)N=c2s/c(=C/c3ccc(OCc4ccccc4)cc3)c(=O)n2[C@H]1c1ccc(-c2ccc(Br)cc2)o1. The van der Waals surface area contributed by atoms with Gasteiger partial charge in [0.2, 0.25) is 0 Å². The van der Waals surface area contributed by atoms with Crippen molar-refractivity contribution in [1.82, 2.24) is 4.57 Å². The molecule has 1 aliphatic rings. The summed E-state index contributed by atoms with van der Waals surface area (Å²) in [7, 11) is 0. The van der Waals surface area contributed by atoms with Gasteiger partial charge in [0.1, 0.15) is 29.9 Å². The average Bonchev–Trinajstić information content (AvgIpc) is 3.58. The van der Waals surface area contributed by atoms with Crippen molar-refractivity contribution in [3.05, 3.63) is 143 Å². The van der Waals surface area contributed by atoms with Gasteiger partial charge in [-0.2, -0.15) is 0 Å². The van der Waals surface area contributed by atoms with Gasteiger partial charge in [-0.05, 0) is 67.4 Å². The quantitative estimate of drug-likeness (QED) is 0.209. The Morgan fingerprint density at radius 2 is 1.76 bits per heavy atom. The lowest BCUT2D eigenvalue weighted by Gasteiger charge is -2.22. The summed E-state index contributed by atoms with van der Waals surface area (Å²) in [6.45, 7) is 3.78. The monoisotopic (exact) mass is 624 g/mol. The van der Waals surface area contributed by atoms with Crippen molar-refractivity contribution >= 4 is 39.1 Å². The van der Waals surface area contributed by atoms with Gasteiger partial charge in [-0.3, -0.25) is 14.2 Å². The van der Waals surface area contributed by atoms with Crippen molar-refractivity contribution in [2.45, 2.75) is 26.5 Å². The second-order valence-electron chi connectivity index (χ2n) is 9.69. The van der Waals surface area contributed by atoms with Crippen LogP contribution in [-0.4, -0.2) is 10.4 Å². The molecule has 41 heavy (non-hydrogen) atoms. The van der Waals surface area contributed by atoms with Gasteiger partial charge in [0, 0.05) is 21.3 Å². The zero-order valence-corrected chi connectivity index (χ0v) is 24.7. The van der Waals surface area contributed by atoms with Crippen LogP contribution in [-0.2, 0) is 11.4 Å². The van der Waals surface area contributed by atoms with E-state index in [1.807, 2.05) is 97.1 Å². The molecule has 5 aromatic rings. The predicted molar refractivity (Wildman–Crippen MR) is 164 cm³/mol. The first kappa shape index (κ1) is 26.9. The number of halogens is 1. The molecule has 3 heterocycles. The Bertz CT molecular complexity index is 1950. The summed E-state index contributed by atoms with van der Waals surface area (Å²) in [4.78, 5) is 31.8. The number of rotatable bonds is 7. The van der Waals surface area contributed by atoms with E-state index < -0.39 is 6.04 Å². The van der Waals surface area contributed by atoms with Crippen molar-refractivity contribution in [3.63, 3.8) is 0 Å². The molecule has 6 nitrogen and oxygen atoms in total. The molecule has 8 heteroatoms. The van der Waals surface area contributed by atoms with E-state index in [-0.39, 0.29) is 11.3 Å². The number of benzene rings is 3. The zero-order chi connectivity index (χ0) is 28.5. The lowest BCUT2D eigenvalue weighted by atomic mass is 9.98. The highest BCUT2D eigenvalue weighted by atomic mass is 79.9. The number of furan rings is 1. The molecular weight excluding hydrogens is 600 g/mol. The number of nitrogens with zero attached hydrogens (tertiary/aromatic N) is 2. The molecule has 0 unspecified atom stereocenters. The van der Waals surface area contributed by atoms with Crippen LogP contribution in [0.15, 0.2) is 121 Å². The van der Waals surface area contributed by atoms with E-state index in [1.54, 1.807) is 11.5 Å². The number of Topliss-reactive ketones (excluding diaryl/α,β-unsaturated/α-hetero) is 1. The second-order valence-corrected chi connectivity index (χ2v) is 11.6. The fraction of sp³-hybridized carbons (Fsp3) is 0.121. The van der Waals surface area contributed by atoms with Gasteiger partial charge < -0.3 is 9.15 Å². The third kappa shape index (κ3) is 5.53. The fourth-order valence-electron chi connectivity index (χ4n) is 4.86. The van der Waals surface area contributed by atoms with Crippen LogP contribution in [0.2, 0.25) is 0 Å². The van der Waals surface area contributed by atoms with Crippen molar-refractivity contribution in [2.75, 3.05) is 0 Å². The standard InChI is InChI=1S/C33H25BrN2O4S/c1-20-30(21(2)37)31(28-17-16-27(40-28)24-10-12-25(34)13-11-24)36-32(38)29(41-33(36)35-20)18-22-8-14-26(15-9-22)39-19-23-6-4-3-5-7-23/h3-18,31H,19H2,1-2H3/b29-18+/t31-/m0/s1. The van der Waals surface area contributed by atoms with Crippen LogP contribution in [0, 0.1) is 0 Å². The van der Waals surface area contributed by atoms with E-state index in [1.165, 1.54) is 18.3 Å². The lowest BCUT2D eigenvalue weighted by molar-refractivity contribution is -0.114. The molecule has 0 saturated heterocycles. The molecule has 3 aromatic carbocycles. The van der Waals surface area contributed by atoms with Gasteiger partial charge >= 0.3 is 0 Å². The molecular formula is C33H25BrN2O4S. The van der Waals surface area contributed by atoms with E-state index in [9.17, 15) is 9.59 Å². The highest BCUT2D eigenvalue weighted by Gasteiger charge is 2.33. The van der Waals surface area contributed by atoms with Crippen LogP contribution in [0.5, 0.6) is 5.75 Å². The van der Waals surface area contributed by atoms with Gasteiger partial charge in [0.15, 0.2) is 10.6 Å². The number of aromatic nitrogens is 1. The van der Waals surface area contributed by atoms with E-state index in [2.05, 4.69) is 20.9 Å². The molecule has 0 N–H and O–H groups in total. The minimum atomic E-state index is -0.705. The Kier molecular flexibility index (Phi) is 7.43. The first-order valence-corrected chi connectivity index (χ1v) is 14.6. The first-order valence-electron chi connectivity index (χ1n) is 13.0. The van der Waals surface area contributed by atoms with E-state index >= 15 is 0 Å². The Morgan fingerprint density at radius 3 is 2.46 bits per heavy atom. The van der Waals surface area contributed by atoms with Crippen molar-refractivity contribution in [3.8, 4) is 17.1 Å². The zero-order valence-electron chi connectivity index (χ0n) is 22.3. The molecule has 1 aliphatic heterocycles. The summed E-state index contributed by atoms with van der Waals surface area (Å²) >= 11 is 4.75. The highest BCUT2D eigenvalue weighted by molar-refractivity contribution is 9.10. The molecule has 0 amide bonds. The van der Waals surface area contributed by atoms with Gasteiger partial charge in [0.25, 0.3) is 5.56 Å². The molecule has 0 bridgehead atoms. The largest absolute Gasteiger partial charge is 0.489 e. The Morgan fingerprint density at radius 1 is 1.02 bits per heavy atom. The van der Waals surface area contributed by atoms with Crippen LogP contribution in [0.1, 0.15) is 36.8 Å². The maximum atomic E-state index is 13.8. The van der Waals surface area contributed by atoms with Crippen LogP contribution < -0.4 is 19.6 Å². The predicted octanol–water partition coefficient (Wildman–Crippen LogP) is 6.43. The normalized spacial score (nSPS) is 15.0. The third-order valence-electron chi connectivity index (χ3n) is 6.85. The molecule has 0 fully saturated rings. The molecule has 0 radical (unpaired) electrons. The summed E-state index contributed by atoms with van der Waals surface area (Å²) < 4.78 is 15.2. The number of carbonyl (C=O) groups excluding carboxylic acids is 1. The Labute approximate surface area is 248 Å². The highest BCUT2D eigenvalue weighted by Crippen LogP contribution is 2.34. The van der Waals surface area contributed by atoms with Crippen LogP contribution >= 0.6 is 27.3 Å². The molecule has 0 aliphatic carbocycles. The summed E-state index contributed by atoms with van der Waals surface area (Å²) in [5, 5.41) is 0. The summed E-state index contributed by atoms with van der Waals surface area (Å²) in [5.74, 6) is 1.75. The van der Waals surface area contributed by atoms with Gasteiger partial charge in [-0.25, -0.2) is 4.99 Å². The van der Waals surface area contributed by atoms with E-state index in [4.69, 9.17) is 9.15 Å². The number of hydrogen-bond acceptors (Lipinski definition) is 6. The Balaban J connectivity index is 1.35. The van der Waals surface area contributed by atoms with Gasteiger partial charge in [-0.15, -0.1) is 0 Å². The smallest absolute Gasteiger partial charge is 0.271 e. The Hall–Kier alpha value is -4.27. The molecule has 6 rings (SSSR count). The molecule has 2 aromatic heterocycles. The number of allylic oxidation sites excluding steroid dienone is 2. The van der Waals surface area contributed by atoms with Gasteiger partial charge in [0.05, 0.1) is 4.53 Å². The minimum Gasteiger partial charge on any atom is -0.489 e. The van der Waals surface area contributed by atoms with Gasteiger partial charge in [-0.1, -0.05) is 81.9 Å². The third-order valence-corrected chi connectivity index (χ3v) is 8.36. The van der Waals surface area contributed by atoms with Crippen LogP contribution in [0.3, 0.4) is 0 Å². The topological polar surface area (TPSA) is 73.8 Å². The first-order chi connectivity index (χ1) is 19.9. The van der Waals surface area contributed by atoms with Crippen molar-refractivity contribution < 1.29 is 13.9 Å². The van der Waals surface area contributed by atoms with E-state index in [0.717, 1.165) is 26.9 Å². The summed E-state index contributed by atoms with van der Waals surface area (Å²) in [6.07, 6.45) is 1.84. The van der Waals surface area contributed by atoms with E-state index in [0.29, 0.717) is 38.7 Å². The molecule has 1 atom stereocenters. The number of ketones is 1. The number of carbonyl (C=O) groups is 1. The molecule has 0 spiro atoms. The second kappa shape index (κ2) is 11.3.